The average molecular weight is 232 g/mol. The van der Waals surface area contributed by atoms with Gasteiger partial charge in [-0.05, 0) is 6.26 Å². The van der Waals surface area contributed by atoms with Crippen LogP contribution in [0.25, 0.3) is 0 Å². The molecule has 0 radical (unpaired) electrons. The lowest BCUT2D eigenvalue weighted by molar-refractivity contribution is -0.115. The average Bonchev–Trinajstić information content (AvgIpc) is 2.15. The molecule has 1 amide bonds. The predicted octanol–water partition coefficient (Wildman–Crippen LogP) is 1.82. The molecule has 0 aliphatic carbocycles. The van der Waals surface area contributed by atoms with E-state index in [2.05, 4.69) is 15.3 Å². The van der Waals surface area contributed by atoms with Crippen molar-refractivity contribution in [3.63, 3.8) is 0 Å². The number of amides is 1. The second-order valence-corrected chi connectivity index (χ2v) is 3.89. The van der Waals surface area contributed by atoms with Gasteiger partial charge in [-0.3, -0.25) is 9.78 Å². The fraction of sp³-hybridized carbons (Fsp3) is 0.375. The van der Waals surface area contributed by atoms with E-state index in [1.807, 2.05) is 6.26 Å². The highest BCUT2D eigenvalue weighted by Crippen LogP contribution is 2.07. The van der Waals surface area contributed by atoms with Crippen molar-refractivity contribution in [2.45, 2.75) is 6.42 Å². The third-order valence-electron chi connectivity index (χ3n) is 1.41. The normalized spacial score (nSPS) is 9.86. The van der Waals surface area contributed by atoms with Crippen molar-refractivity contribution in [2.24, 2.45) is 0 Å². The molecule has 1 heterocycles. The minimum absolute atomic E-state index is 0.0732. The molecule has 0 saturated heterocycles. The summed E-state index contributed by atoms with van der Waals surface area (Å²) in [6.45, 7) is 0. The number of nitrogens with one attached hydrogen (secondary N) is 1. The van der Waals surface area contributed by atoms with Crippen LogP contribution in [0.1, 0.15) is 6.42 Å². The van der Waals surface area contributed by atoms with Gasteiger partial charge in [0.25, 0.3) is 0 Å². The van der Waals surface area contributed by atoms with Crippen molar-refractivity contribution in [1.29, 1.82) is 0 Å². The van der Waals surface area contributed by atoms with Crippen LogP contribution in [0.3, 0.4) is 0 Å². The number of hydrogen-bond donors (Lipinski definition) is 1. The molecule has 1 aromatic rings. The lowest BCUT2D eigenvalue weighted by Gasteiger charge is -2.02. The van der Waals surface area contributed by atoms with Crippen molar-refractivity contribution >= 4 is 35.1 Å². The van der Waals surface area contributed by atoms with Gasteiger partial charge in [0.2, 0.25) is 5.91 Å². The van der Waals surface area contributed by atoms with Crippen LogP contribution in [0.5, 0.6) is 0 Å². The maximum Gasteiger partial charge on any atom is 0.226 e. The Balaban J connectivity index is 2.47. The molecule has 1 N–H and O–H groups in total. The second-order valence-electron chi connectivity index (χ2n) is 2.52. The van der Waals surface area contributed by atoms with Crippen LogP contribution >= 0.6 is 23.4 Å². The molecular weight excluding hydrogens is 222 g/mol. The lowest BCUT2D eigenvalue weighted by Crippen LogP contribution is -2.13. The van der Waals surface area contributed by atoms with E-state index in [0.29, 0.717) is 12.2 Å². The first kappa shape index (κ1) is 11.3. The van der Waals surface area contributed by atoms with Crippen molar-refractivity contribution in [3.05, 3.63) is 17.5 Å². The Morgan fingerprint density at radius 3 is 3.07 bits per heavy atom. The predicted molar refractivity (Wildman–Crippen MR) is 58.7 cm³/mol. The monoisotopic (exact) mass is 231 g/mol. The SMILES string of the molecule is CSCCC(=O)Nc1cncc(Cl)n1. The van der Waals surface area contributed by atoms with E-state index in [9.17, 15) is 4.79 Å². The third kappa shape index (κ3) is 3.93. The summed E-state index contributed by atoms with van der Waals surface area (Å²) in [5, 5.41) is 2.88. The summed E-state index contributed by atoms with van der Waals surface area (Å²) in [6, 6.07) is 0. The van der Waals surface area contributed by atoms with Gasteiger partial charge in [-0.25, -0.2) is 4.98 Å². The molecule has 76 valence electrons. The molecule has 1 rings (SSSR count). The number of thioether (sulfide) groups is 1. The van der Waals surface area contributed by atoms with Gasteiger partial charge in [0.05, 0.1) is 12.4 Å². The Morgan fingerprint density at radius 2 is 2.43 bits per heavy atom. The van der Waals surface area contributed by atoms with Crippen LogP contribution in [0.4, 0.5) is 5.82 Å². The Morgan fingerprint density at radius 1 is 1.64 bits per heavy atom. The standard InChI is InChI=1S/C8H10ClN3OS/c1-14-3-2-8(13)12-7-5-10-4-6(9)11-7/h4-5H,2-3H2,1H3,(H,11,12,13). The van der Waals surface area contributed by atoms with Crippen molar-refractivity contribution in [3.8, 4) is 0 Å². The number of aromatic nitrogens is 2. The van der Waals surface area contributed by atoms with Crippen molar-refractivity contribution < 1.29 is 4.79 Å². The van der Waals surface area contributed by atoms with Crippen LogP contribution < -0.4 is 5.32 Å². The maximum atomic E-state index is 11.2. The molecule has 4 nitrogen and oxygen atoms in total. The zero-order chi connectivity index (χ0) is 10.4. The molecule has 0 aromatic carbocycles. The number of carbonyl (C=O) groups excluding carboxylic acids is 1. The number of rotatable bonds is 4. The van der Waals surface area contributed by atoms with Gasteiger partial charge >= 0.3 is 0 Å². The van der Waals surface area contributed by atoms with Gasteiger partial charge in [-0.2, -0.15) is 11.8 Å². The first-order chi connectivity index (χ1) is 6.72. The minimum Gasteiger partial charge on any atom is -0.309 e. The summed E-state index contributed by atoms with van der Waals surface area (Å²) in [5.41, 5.74) is 0. The summed E-state index contributed by atoms with van der Waals surface area (Å²) >= 11 is 7.22. The lowest BCUT2D eigenvalue weighted by atomic mass is 10.4. The van der Waals surface area contributed by atoms with Gasteiger partial charge in [0.1, 0.15) is 5.15 Å². The third-order valence-corrected chi connectivity index (χ3v) is 2.20. The molecule has 0 unspecified atom stereocenters. The first-order valence-corrected chi connectivity index (χ1v) is 5.76. The topological polar surface area (TPSA) is 54.9 Å². The molecule has 6 heteroatoms. The zero-order valence-electron chi connectivity index (χ0n) is 7.66. The van der Waals surface area contributed by atoms with E-state index in [1.54, 1.807) is 11.8 Å². The summed E-state index contributed by atoms with van der Waals surface area (Å²) in [4.78, 5) is 18.9. The number of anilines is 1. The number of carbonyl (C=O) groups is 1. The molecule has 0 saturated carbocycles. The smallest absolute Gasteiger partial charge is 0.226 e. The van der Waals surface area contributed by atoms with E-state index >= 15 is 0 Å². The van der Waals surface area contributed by atoms with Crippen molar-refractivity contribution in [1.82, 2.24) is 9.97 Å². The summed E-state index contributed by atoms with van der Waals surface area (Å²) in [5.74, 6) is 1.11. The molecule has 0 atom stereocenters. The largest absolute Gasteiger partial charge is 0.309 e. The Kier molecular flexibility index (Phi) is 4.69. The Bertz CT molecular complexity index is 321. The van der Waals surface area contributed by atoms with Crippen LogP contribution in [0.15, 0.2) is 12.4 Å². The van der Waals surface area contributed by atoms with E-state index in [1.165, 1.54) is 12.4 Å². The van der Waals surface area contributed by atoms with Gasteiger partial charge < -0.3 is 5.32 Å². The van der Waals surface area contributed by atoms with Crippen LogP contribution in [-0.4, -0.2) is 27.9 Å². The molecule has 0 spiro atoms. The van der Waals surface area contributed by atoms with Crippen LogP contribution in [0, 0.1) is 0 Å². The maximum absolute atomic E-state index is 11.2. The highest BCUT2D eigenvalue weighted by atomic mass is 35.5. The molecule has 0 aliphatic rings. The van der Waals surface area contributed by atoms with Gasteiger partial charge in [0, 0.05) is 12.2 Å². The zero-order valence-corrected chi connectivity index (χ0v) is 9.23. The van der Waals surface area contributed by atoms with Crippen LogP contribution in [0.2, 0.25) is 5.15 Å². The molecular formula is C8H10ClN3OS. The second kappa shape index (κ2) is 5.82. The van der Waals surface area contributed by atoms with E-state index < -0.39 is 0 Å². The van der Waals surface area contributed by atoms with Gasteiger partial charge in [0.15, 0.2) is 5.82 Å². The quantitative estimate of drug-likeness (QED) is 0.859. The molecule has 14 heavy (non-hydrogen) atoms. The molecule has 0 bridgehead atoms. The summed E-state index contributed by atoms with van der Waals surface area (Å²) < 4.78 is 0. The number of nitrogens with zero attached hydrogens (tertiary/aromatic N) is 2. The Hall–Kier alpha value is -0.810. The fourth-order valence-electron chi connectivity index (χ4n) is 0.803. The first-order valence-electron chi connectivity index (χ1n) is 3.98. The van der Waals surface area contributed by atoms with Crippen molar-refractivity contribution in [2.75, 3.05) is 17.3 Å². The van der Waals surface area contributed by atoms with Gasteiger partial charge in [-0.1, -0.05) is 11.6 Å². The Labute approximate surface area is 91.5 Å². The number of halogens is 1. The molecule has 0 aliphatic heterocycles. The van der Waals surface area contributed by atoms with E-state index in [-0.39, 0.29) is 11.1 Å². The van der Waals surface area contributed by atoms with Gasteiger partial charge in [-0.15, -0.1) is 0 Å². The minimum atomic E-state index is -0.0732. The van der Waals surface area contributed by atoms with E-state index in [4.69, 9.17) is 11.6 Å². The fourth-order valence-corrected chi connectivity index (χ4v) is 1.34. The van der Waals surface area contributed by atoms with E-state index in [0.717, 1.165) is 5.75 Å². The summed E-state index contributed by atoms with van der Waals surface area (Å²) in [6.07, 6.45) is 5.30. The highest BCUT2D eigenvalue weighted by molar-refractivity contribution is 7.98. The number of hydrogen-bond acceptors (Lipinski definition) is 4. The molecule has 0 fully saturated rings. The summed E-state index contributed by atoms with van der Waals surface area (Å²) in [7, 11) is 0. The molecule has 1 aromatic heterocycles. The highest BCUT2D eigenvalue weighted by Gasteiger charge is 2.02. The van der Waals surface area contributed by atoms with Crippen LogP contribution in [-0.2, 0) is 4.79 Å².